The van der Waals surface area contributed by atoms with Gasteiger partial charge >= 0.3 is 5.97 Å². The molecule has 5 heteroatoms. The molecule has 1 atom stereocenters. The lowest BCUT2D eigenvalue weighted by atomic mass is 9.94. The second kappa shape index (κ2) is 5.32. The van der Waals surface area contributed by atoms with E-state index in [1.807, 2.05) is 13.0 Å². The van der Waals surface area contributed by atoms with Crippen molar-refractivity contribution in [1.82, 2.24) is 0 Å². The first kappa shape index (κ1) is 13.0. The van der Waals surface area contributed by atoms with Gasteiger partial charge in [-0.05, 0) is 24.6 Å². The van der Waals surface area contributed by atoms with Crippen LogP contribution in [0.15, 0.2) is 16.6 Å². The van der Waals surface area contributed by atoms with Crippen LogP contribution in [0.5, 0.6) is 5.75 Å². The molecule has 0 saturated heterocycles. The van der Waals surface area contributed by atoms with Crippen molar-refractivity contribution in [2.75, 3.05) is 13.7 Å². The van der Waals surface area contributed by atoms with Gasteiger partial charge in [-0.1, -0.05) is 15.9 Å². The number of halogens is 1. The first-order valence-corrected chi connectivity index (χ1v) is 5.58. The number of hydrogen-bond acceptors (Lipinski definition) is 3. The van der Waals surface area contributed by atoms with Crippen molar-refractivity contribution in [3.05, 3.63) is 27.7 Å². The maximum atomic E-state index is 11.1. The van der Waals surface area contributed by atoms with Gasteiger partial charge in [0.25, 0.3) is 0 Å². The Morgan fingerprint density at radius 3 is 2.69 bits per heavy atom. The lowest BCUT2D eigenvalue weighted by Gasteiger charge is -2.18. The lowest BCUT2D eigenvalue weighted by molar-refractivity contribution is -0.138. The van der Waals surface area contributed by atoms with E-state index in [-0.39, 0.29) is 6.54 Å². The summed E-state index contributed by atoms with van der Waals surface area (Å²) in [4.78, 5) is 11.1. The molecule has 0 saturated carbocycles. The van der Waals surface area contributed by atoms with Crippen LogP contribution in [-0.4, -0.2) is 24.7 Å². The van der Waals surface area contributed by atoms with Crippen molar-refractivity contribution in [1.29, 1.82) is 0 Å². The fourth-order valence-electron chi connectivity index (χ4n) is 1.63. The van der Waals surface area contributed by atoms with Gasteiger partial charge in [-0.25, -0.2) is 0 Å². The molecule has 88 valence electrons. The van der Waals surface area contributed by atoms with Crippen LogP contribution in [0, 0.1) is 6.92 Å². The van der Waals surface area contributed by atoms with Gasteiger partial charge in [0.05, 0.1) is 13.0 Å². The molecule has 1 unspecified atom stereocenters. The topological polar surface area (TPSA) is 72.5 Å². The highest BCUT2D eigenvalue weighted by atomic mass is 79.9. The van der Waals surface area contributed by atoms with Gasteiger partial charge in [0.2, 0.25) is 0 Å². The van der Waals surface area contributed by atoms with E-state index in [1.54, 1.807) is 6.07 Å². The minimum atomic E-state index is -0.943. The summed E-state index contributed by atoms with van der Waals surface area (Å²) in [5, 5.41) is 9.11. The van der Waals surface area contributed by atoms with Crippen LogP contribution >= 0.6 is 15.9 Å². The van der Waals surface area contributed by atoms with E-state index < -0.39 is 11.9 Å². The molecule has 0 aliphatic heterocycles. The number of carbonyl (C=O) groups is 1. The van der Waals surface area contributed by atoms with Gasteiger partial charge in [0.15, 0.2) is 0 Å². The van der Waals surface area contributed by atoms with Crippen LogP contribution in [0.4, 0.5) is 0 Å². The van der Waals surface area contributed by atoms with Crippen molar-refractivity contribution < 1.29 is 14.6 Å². The van der Waals surface area contributed by atoms with Gasteiger partial charge < -0.3 is 15.6 Å². The summed E-state index contributed by atoms with van der Waals surface area (Å²) in [5.41, 5.74) is 6.97. The van der Waals surface area contributed by atoms with Gasteiger partial charge in [-0.15, -0.1) is 0 Å². The standard InChI is InChI=1S/C11H14BrNO3/c1-6-8(12)3-4-9(16-2)10(6)7(5-13)11(14)15/h3-4,7H,5,13H2,1-2H3,(H,14,15). The zero-order valence-electron chi connectivity index (χ0n) is 9.16. The molecule has 3 N–H and O–H groups in total. The highest BCUT2D eigenvalue weighted by molar-refractivity contribution is 9.10. The number of nitrogens with two attached hydrogens (primary N) is 1. The quantitative estimate of drug-likeness (QED) is 0.887. The maximum absolute atomic E-state index is 11.1. The van der Waals surface area contributed by atoms with Gasteiger partial charge in [0, 0.05) is 16.6 Å². The molecule has 0 amide bonds. The molecule has 1 aromatic rings. The van der Waals surface area contributed by atoms with Crippen molar-refractivity contribution in [2.24, 2.45) is 5.73 Å². The van der Waals surface area contributed by atoms with Gasteiger partial charge in [-0.2, -0.15) is 0 Å². The van der Waals surface area contributed by atoms with E-state index in [2.05, 4.69) is 15.9 Å². The SMILES string of the molecule is COc1ccc(Br)c(C)c1C(CN)C(=O)O. The van der Waals surface area contributed by atoms with Crippen LogP contribution in [0.1, 0.15) is 17.0 Å². The third-order valence-electron chi connectivity index (χ3n) is 2.51. The maximum Gasteiger partial charge on any atom is 0.312 e. The Bertz CT molecular complexity index is 406. The number of ether oxygens (including phenoxy) is 1. The summed E-state index contributed by atoms with van der Waals surface area (Å²) in [5.74, 6) is -1.13. The average molecular weight is 288 g/mol. The van der Waals surface area contributed by atoms with E-state index in [1.165, 1.54) is 7.11 Å². The Kier molecular flexibility index (Phi) is 4.32. The number of aliphatic carboxylic acids is 1. The van der Waals surface area contributed by atoms with E-state index in [0.29, 0.717) is 11.3 Å². The summed E-state index contributed by atoms with van der Waals surface area (Å²) >= 11 is 3.37. The lowest BCUT2D eigenvalue weighted by Crippen LogP contribution is -2.22. The Labute approximate surface area is 103 Å². The van der Waals surface area contributed by atoms with Crippen LogP contribution < -0.4 is 10.5 Å². The Hall–Kier alpha value is -1.07. The largest absolute Gasteiger partial charge is 0.496 e. The molecule has 0 aliphatic carbocycles. The van der Waals surface area contributed by atoms with Crippen molar-refractivity contribution in [3.63, 3.8) is 0 Å². The molecule has 0 heterocycles. The molecule has 0 fully saturated rings. The molecular formula is C11H14BrNO3. The predicted molar refractivity (Wildman–Crippen MR) is 64.9 cm³/mol. The highest BCUT2D eigenvalue weighted by Gasteiger charge is 2.24. The molecular weight excluding hydrogens is 274 g/mol. The molecule has 4 nitrogen and oxygen atoms in total. The number of carboxylic acids is 1. The van der Waals surface area contributed by atoms with Crippen molar-refractivity contribution in [2.45, 2.75) is 12.8 Å². The number of carboxylic acid groups (broad SMARTS) is 1. The second-order valence-corrected chi connectivity index (χ2v) is 4.27. The van der Waals surface area contributed by atoms with Gasteiger partial charge in [0.1, 0.15) is 5.75 Å². The smallest absolute Gasteiger partial charge is 0.312 e. The zero-order valence-corrected chi connectivity index (χ0v) is 10.7. The fraction of sp³-hybridized carbons (Fsp3) is 0.364. The first-order valence-electron chi connectivity index (χ1n) is 4.78. The van der Waals surface area contributed by atoms with Crippen molar-refractivity contribution in [3.8, 4) is 5.75 Å². The zero-order chi connectivity index (χ0) is 12.3. The van der Waals surface area contributed by atoms with E-state index >= 15 is 0 Å². The normalized spacial score (nSPS) is 12.2. The monoisotopic (exact) mass is 287 g/mol. The third-order valence-corrected chi connectivity index (χ3v) is 3.37. The number of benzene rings is 1. The second-order valence-electron chi connectivity index (χ2n) is 3.41. The number of methoxy groups -OCH3 is 1. The molecule has 16 heavy (non-hydrogen) atoms. The Morgan fingerprint density at radius 2 is 2.25 bits per heavy atom. The highest BCUT2D eigenvalue weighted by Crippen LogP contribution is 2.33. The molecule has 0 aromatic heterocycles. The summed E-state index contributed by atoms with van der Waals surface area (Å²) in [7, 11) is 1.52. The minimum Gasteiger partial charge on any atom is -0.496 e. The summed E-state index contributed by atoms with van der Waals surface area (Å²) < 4.78 is 6.02. The van der Waals surface area contributed by atoms with E-state index in [4.69, 9.17) is 15.6 Å². The van der Waals surface area contributed by atoms with Crippen molar-refractivity contribution >= 4 is 21.9 Å². The Balaban J connectivity index is 3.38. The van der Waals surface area contributed by atoms with E-state index in [9.17, 15) is 4.79 Å². The molecule has 0 aliphatic rings. The minimum absolute atomic E-state index is 0.0446. The van der Waals surface area contributed by atoms with Crippen LogP contribution in [0.3, 0.4) is 0 Å². The summed E-state index contributed by atoms with van der Waals surface area (Å²) in [6, 6.07) is 3.56. The number of rotatable bonds is 4. The average Bonchev–Trinajstić information content (AvgIpc) is 2.25. The molecule has 1 rings (SSSR count). The molecule has 1 aromatic carbocycles. The molecule has 0 radical (unpaired) electrons. The Morgan fingerprint density at radius 1 is 1.62 bits per heavy atom. The summed E-state index contributed by atoms with van der Waals surface area (Å²) in [6.07, 6.45) is 0. The first-order chi connectivity index (χ1) is 7.52. The van der Waals surface area contributed by atoms with Gasteiger partial charge in [-0.3, -0.25) is 4.79 Å². The summed E-state index contributed by atoms with van der Waals surface area (Å²) in [6.45, 7) is 1.89. The number of hydrogen-bond donors (Lipinski definition) is 2. The van der Waals surface area contributed by atoms with Crippen LogP contribution in [0.2, 0.25) is 0 Å². The van der Waals surface area contributed by atoms with Crippen LogP contribution in [0.25, 0.3) is 0 Å². The predicted octanol–water partition coefficient (Wildman–Crippen LogP) is 1.89. The van der Waals surface area contributed by atoms with Crippen LogP contribution in [-0.2, 0) is 4.79 Å². The molecule has 0 spiro atoms. The van der Waals surface area contributed by atoms with E-state index in [0.717, 1.165) is 10.0 Å². The third kappa shape index (κ3) is 2.36. The molecule has 0 bridgehead atoms. The fourth-order valence-corrected chi connectivity index (χ4v) is 1.98.